The molecule has 3 N–H and O–H groups in total. The first-order valence-corrected chi connectivity index (χ1v) is 16.8. The highest BCUT2D eigenvalue weighted by atomic mass is 35.5. The number of halogens is 1. The molecule has 0 spiro atoms. The van der Waals surface area contributed by atoms with Crippen LogP contribution in [-0.4, -0.2) is 70.9 Å². The Morgan fingerprint density at radius 1 is 0.956 bits per heavy atom. The predicted octanol–water partition coefficient (Wildman–Crippen LogP) is 2.77. The van der Waals surface area contributed by atoms with Crippen molar-refractivity contribution < 1.29 is 22.8 Å². The lowest BCUT2D eigenvalue weighted by Crippen LogP contribution is -2.50. The van der Waals surface area contributed by atoms with E-state index in [1.807, 2.05) is 44.2 Å². The van der Waals surface area contributed by atoms with Crippen LogP contribution in [0.1, 0.15) is 56.4 Å². The van der Waals surface area contributed by atoms with Crippen molar-refractivity contribution in [1.29, 1.82) is 0 Å². The van der Waals surface area contributed by atoms with Crippen molar-refractivity contribution in [3.8, 4) is 0 Å². The third kappa shape index (κ3) is 9.35. The Morgan fingerprint density at radius 2 is 1.64 bits per heavy atom. The standard InChI is InChI=1S/C31H40ClN7O5S/c1-21(2)29-30-34-22(3)37-39(30)20-28(41)33-16-8-18-38(45(43,44)25-14-12-24(32)13-15-25)17-7-11-27(40)35-26(31(42)36-29)19-23-9-5-4-6-10-23/h4-6,9-10,12-15,21,26,29H,7-8,11,16-20H2,1-3H3,(H,33,41)(H,35,40)(H,36,42)/t26-,29+/m1/s1. The number of rotatable bonds is 5. The number of carbonyl (C=O) groups excluding carboxylic acids is 3. The minimum Gasteiger partial charge on any atom is -0.354 e. The summed E-state index contributed by atoms with van der Waals surface area (Å²) < 4.78 is 29.8. The molecule has 0 unspecified atom stereocenters. The highest BCUT2D eigenvalue weighted by Crippen LogP contribution is 2.22. The summed E-state index contributed by atoms with van der Waals surface area (Å²) in [5.74, 6) is -0.332. The largest absolute Gasteiger partial charge is 0.354 e. The van der Waals surface area contributed by atoms with Gasteiger partial charge >= 0.3 is 0 Å². The smallest absolute Gasteiger partial charge is 0.243 e. The van der Waals surface area contributed by atoms with Crippen LogP contribution in [0.25, 0.3) is 0 Å². The maximum atomic E-state index is 13.8. The number of amides is 3. The third-order valence-electron chi connectivity index (χ3n) is 7.45. The fourth-order valence-electron chi connectivity index (χ4n) is 5.13. The van der Waals surface area contributed by atoms with Gasteiger partial charge in [0, 0.05) is 37.5 Å². The van der Waals surface area contributed by atoms with Crippen LogP contribution in [-0.2, 0) is 37.4 Å². The Bertz CT molecular complexity index is 1580. The summed E-state index contributed by atoms with van der Waals surface area (Å²) in [6.45, 7) is 5.85. The van der Waals surface area contributed by atoms with Crippen LogP contribution in [0.15, 0.2) is 59.5 Å². The molecule has 0 aliphatic carbocycles. The van der Waals surface area contributed by atoms with E-state index in [0.29, 0.717) is 23.1 Å². The van der Waals surface area contributed by atoms with E-state index >= 15 is 0 Å². The van der Waals surface area contributed by atoms with Gasteiger partial charge in [-0.05, 0) is 55.5 Å². The van der Waals surface area contributed by atoms with Crippen LogP contribution >= 0.6 is 11.6 Å². The molecule has 1 aliphatic rings. The highest BCUT2D eigenvalue weighted by Gasteiger charge is 2.30. The zero-order valence-corrected chi connectivity index (χ0v) is 27.3. The van der Waals surface area contributed by atoms with Crippen molar-refractivity contribution in [2.75, 3.05) is 19.6 Å². The number of aryl methyl sites for hydroxylation is 1. The van der Waals surface area contributed by atoms with Crippen LogP contribution in [0.5, 0.6) is 0 Å². The van der Waals surface area contributed by atoms with Crippen molar-refractivity contribution in [3.05, 3.63) is 76.8 Å². The second-order valence-electron chi connectivity index (χ2n) is 11.4. The molecule has 2 heterocycles. The summed E-state index contributed by atoms with van der Waals surface area (Å²) in [6, 6.07) is 13.7. The molecule has 0 bridgehead atoms. The molecule has 242 valence electrons. The quantitative estimate of drug-likeness (QED) is 0.381. The Balaban J connectivity index is 1.63. The molecule has 0 radical (unpaired) electrons. The topological polar surface area (TPSA) is 155 Å². The van der Waals surface area contributed by atoms with Gasteiger partial charge in [-0.3, -0.25) is 14.4 Å². The van der Waals surface area contributed by atoms with Gasteiger partial charge in [0.1, 0.15) is 18.4 Å². The lowest BCUT2D eigenvalue weighted by Gasteiger charge is -2.26. The van der Waals surface area contributed by atoms with E-state index in [-0.39, 0.29) is 68.1 Å². The molecule has 4 rings (SSSR count). The van der Waals surface area contributed by atoms with Crippen molar-refractivity contribution in [3.63, 3.8) is 0 Å². The molecule has 1 aromatic heterocycles. The van der Waals surface area contributed by atoms with E-state index in [9.17, 15) is 22.8 Å². The molecule has 14 heteroatoms. The maximum absolute atomic E-state index is 13.8. The van der Waals surface area contributed by atoms with Crippen LogP contribution < -0.4 is 16.0 Å². The van der Waals surface area contributed by atoms with Gasteiger partial charge < -0.3 is 16.0 Å². The summed E-state index contributed by atoms with van der Waals surface area (Å²) in [5, 5.41) is 13.5. The first-order valence-electron chi connectivity index (χ1n) is 15.0. The van der Waals surface area contributed by atoms with E-state index in [1.54, 1.807) is 6.92 Å². The molecule has 12 nitrogen and oxygen atoms in total. The van der Waals surface area contributed by atoms with E-state index in [4.69, 9.17) is 11.6 Å². The highest BCUT2D eigenvalue weighted by molar-refractivity contribution is 7.89. The van der Waals surface area contributed by atoms with Crippen molar-refractivity contribution >= 4 is 39.3 Å². The first-order chi connectivity index (χ1) is 21.4. The van der Waals surface area contributed by atoms with Gasteiger partial charge in [-0.25, -0.2) is 18.1 Å². The summed E-state index contributed by atoms with van der Waals surface area (Å²) in [5.41, 5.74) is 0.858. The lowest BCUT2D eigenvalue weighted by atomic mass is 10.0. The number of hydrogen-bond donors (Lipinski definition) is 3. The molecule has 1 aliphatic heterocycles. The zero-order valence-electron chi connectivity index (χ0n) is 25.7. The average Bonchev–Trinajstić information content (AvgIpc) is 3.35. The SMILES string of the molecule is Cc1nc2n(n1)CC(=O)NCCCN(S(=O)(=O)c1ccc(Cl)cc1)CCCC(=O)N[C@H](Cc1ccccc1)C(=O)N[C@H]2C(C)C. The van der Waals surface area contributed by atoms with Crippen molar-refractivity contribution in [1.82, 2.24) is 35.0 Å². The van der Waals surface area contributed by atoms with Crippen molar-refractivity contribution in [2.45, 2.75) is 70.0 Å². The van der Waals surface area contributed by atoms with Crippen LogP contribution in [0, 0.1) is 12.8 Å². The Kier molecular flexibility index (Phi) is 11.7. The van der Waals surface area contributed by atoms with Crippen LogP contribution in [0.3, 0.4) is 0 Å². The molecule has 0 saturated carbocycles. The molecule has 2 atom stereocenters. The van der Waals surface area contributed by atoms with Crippen molar-refractivity contribution in [2.24, 2.45) is 5.92 Å². The Morgan fingerprint density at radius 3 is 2.33 bits per heavy atom. The normalized spacial score (nSPS) is 20.0. The van der Waals surface area contributed by atoms with Gasteiger partial charge in [0.05, 0.1) is 10.9 Å². The fraction of sp³-hybridized carbons (Fsp3) is 0.452. The van der Waals surface area contributed by atoms with Gasteiger partial charge in [0.2, 0.25) is 27.7 Å². The number of benzene rings is 2. The lowest BCUT2D eigenvalue weighted by molar-refractivity contribution is -0.129. The average molecular weight is 658 g/mol. The van der Waals surface area contributed by atoms with Gasteiger partial charge in [-0.15, -0.1) is 0 Å². The number of sulfonamides is 1. The third-order valence-corrected chi connectivity index (χ3v) is 9.61. The summed E-state index contributed by atoms with van der Waals surface area (Å²) >= 11 is 5.97. The minimum absolute atomic E-state index is 0.00305. The second kappa shape index (κ2) is 15.5. The van der Waals surface area contributed by atoms with Gasteiger partial charge in [-0.2, -0.15) is 9.40 Å². The molecule has 3 amide bonds. The van der Waals surface area contributed by atoms with Gasteiger partial charge in [0.15, 0.2) is 5.82 Å². The molecular weight excluding hydrogens is 618 g/mol. The van der Waals surface area contributed by atoms with Gasteiger partial charge in [0.25, 0.3) is 0 Å². The number of hydrogen-bond acceptors (Lipinski definition) is 7. The number of carbonyl (C=O) groups is 3. The van der Waals surface area contributed by atoms with Gasteiger partial charge in [-0.1, -0.05) is 55.8 Å². The van der Waals surface area contributed by atoms with E-state index in [2.05, 4.69) is 26.0 Å². The van der Waals surface area contributed by atoms with E-state index in [0.717, 1.165) is 5.56 Å². The molecule has 45 heavy (non-hydrogen) atoms. The molecule has 3 aromatic rings. The van der Waals surface area contributed by atoms with E-state index in [1.165, 1.54) is 33.3 Å². The van der Waals surface area contributed by atoms with Crippen LogP contribution in [0.2, 0.25) is 5.02 Å². The second-order valence-corrected chi connectivity index (χ2v) is 13.8. The zero-order chi connectivity index (χ0) is 32.6. The monoisotopic (exact) mass is 657 g/mol. The molecule has 0 saturated heterocycles. The Labute approximate surface area is 269 Å². The fourth-order valence-corrected chi connectivity index (χ4v) is 6.77. The summed E-state index contributed by atoms with van der Waals surface area (Å²) in [4.78, 5) is 44.5. The first kappa shape index (κ1) is 34.1. The number of nitrogens with one attached hydrogen (secondary N) is 3. The predicted molar refractivity (Wildman–Crippen MR) is 170 cm³/mol. The molecule has 2 aromatic carbocycles. The number of aromatic nitrogens is 3. The van der Waals surface area contributed by atoms with E-state index < -0.39 is 28.0 Å². The molecule has 0 fully saturated rings. The number of fused-ring (bicyclic) bond motifs is 1. The minimum atomic E-state index is -3.91. The van der Waals surface area contributed by atoms with Crippen LogP contribution in [0.4, 0.5) is 0 Å². The number of nitrogens with zero attached hydrogens (tertiary/aromatic N) is 4. The summed E-state index contributed by atoms with van der Waals surface area (Å²) in [7, 11) is -3.91. The maximum Gasteiger partial charge on any atom is 0.243 e. The Hall–Kier alpha value is -3.81. The molecular formula is C31H40ClN7O5S. The summed E-state index contributed by atoms with van der Waals surface area (Å²) in [6.07, 6.45) is 0.816.